The Morgan fingerprint density at radius 1 is 1.47 bits per heavy atom. The number of carboxylic acids is 1. The number of hydrogen-bond acceptors (Lipinski definition) is 4. The molecule has 0 aliphatic heterocycles. The zero-order valence-corrected chi connectivity index (χ0v) is 11.5. The summed E-state index contributed by atoms with van der Waals surface area (Å²) in [6.45, 7) is 0. The normalized spacial score (nSPS) is 12.1. The van der Waals surface area contributed by atoms with Gasteiger partial charge in [0.1, 0.15) is 11.0 Å². The average Bonchev–Trinajstić information content (AvgIpc) is 2.34. The molecule has 1 aromatic rings. The predicted octanol–water partition coefficient (Wildman–Crippen LogP) is 2.74. The molecule has 0 radical (unpaired) electrons. The maximum absolute atomic E-state index is 10.8. The van der Waals surface area contributed by atoms with Crippen molar-refractivity contribution >= 4 is 29.5 Å². The highest BCUT2D eigenvalue weighted by Gasteiger charge is 2.15. The first-order chi connectivity index (χ1) is 8.19. The number of carbonyl (C=O) groups is 1. The number of benzene rings is 1. The predicted molar refractivity (Wildman–Crippen MR) is 74.1 cm³/mol. The molecule has 1 unspecified atom stereocenters. The number of ether oxygens (including phenoxy) is 1. The minimum atomic E-state index is -0.745. The van der Waals surface area contributed by atoms with Crippen LogP contribution in [0.5, 0.6) is 5.75 Å². The molecule has 94 valence electrons. The molecule has 1 aromatic carbocycles. The molecule has 0 bridgehead atoms. The minimum Gasteiger partial charge on any atom is -0.496 e. The van der Waals surface area contributed by atoms with Crippen LogP contribution in [0.4, 0.5) is 0 Å². The lowest BCUT2D eigenvalue weighted by molar-refractivity contribution is -0.135. The Bertz CT molecular complexity index is 369. The summed E-state index contributed by atoms with van der Waals surface area (Å²) in [6, 6.07) is 7.80. The molecule has 1 N–H and O–H groups in total. The summed E-state index contributed by atoms with van der Waals surface area (Å²) >= 11 is 2.99. The number of para-hydroxylation sites is 1. The molecule has 1 rings (SSSR count). The van der Waals surface area contributed by atoms with E-state index in [2.05, 4.69) is 0 Å². The number of rotatable bonds is 7. The van der Waals surface area contributed by atoms with Crippen molar-refractivity contribution in [2.45, 2.75) is 11.0 Å². The molecule has 0 aliphatic rings. The van der Waals surface area contributed by atoms with Gasteiger partial charge in [-0.2, -0.15) is 11.8 Å². The standard InChI is InChI=1S/C12H16O3S2/c1-15-10-6-4-3-5-9(10)7-17-8-11(16-2)12(13)14/h3-6,11H,7-8H2,1-2H3,(H,13,14). The fraction of sp³-hybridized carbons (Fsp3) is 0.417. The molecular weight excluding hydrogens is 256 g/mol. The van der Waals surface area contributed by atoms with Crippen LogP contribution in [0.25, 0.3) is 0 Å². The van der Waals surface area contributed by atoms with Crippen LogP contribution >= 0.6 is 23.5 Å². The third kappa shape index (κ3) is 4.52. The van der Waals surface area contributed by atoms with E-state index in [9.17, 15) is 4.79 Å². The molecule has 0 fully saturated rings. The minimum absolute atomic E-state index is 0.338. The fourth-order valence-electron chi connectivity index (χ4n) is 1.34. The van der Waals surface area contributed by atoms with Crippen LogP contribution in [-0.4, -0.2) is 35.4 Å². The van der Waals surface area contributed by atoms with Gasteiger partial charge >= 0.3 is 5.97 Å². The molecule has 0 saturated carbocycles. The van der Waals surface area contributed by atoms with Gasteiger partial charge in [0.05, 0.1) is 7.11 Å². The number of aliphatic carboxylic acids is 1. The molecule has 3 nitrogen and oxygen atoms in total. The Kier molecular flexibility index (Phi) is 6.29. The van der Waals surface area contributed by atoms with Crippen molar-refractivity contribution in [1.82, 2.24) is 0 Å². The van der Waals surface area contributed by atoms with Crippen LogP contribution in [0.2, 0.25) is 0 Å². The van der Waals surface area contributed by atoms with E-state index in [1.54, 1.807) is 18.9 Å². The summed E-state index contributed by atoms with van der Waals surface area (Å²) in [5.41, 5.74) is 1.10. The van der Waals surface area contributed by atoms with Crippen LogP contribution in [0.3, 0.4) is 0 Å². The van der Waals surface area contributed by atoms with Crippen molar-refractivity contribution in [3.05, 3.63) is 29.8 Å². The van der Waals surface area contributed by atoms with Crippen molar-refractivity contribution < 1.29 is 14.6 Å². The second kappa shape index (κ2) is 7.50. The molecular formula is C12H16O3S2. The highest BCUT2D eigenvalue weighted by molar-refractivity contribution is 8.03. The first kappa shape index (κ1) is 14.3. The third-order valence-electron chi connectivity index (χ3n) is 2.28. The van der Waals surface area contributed by atoms with Crippen molar-refractivity contribution in [2.75, 3.05) is 19.1 Å². The van der Waals surface area contributed by atoms with Crippen LogP contribution in [0, 0.1) is 0 Å². The van der Waals surface area contributed by atoms with Gasteiger partial charge in [-0.1, -0.05) is 18.2 Å². The first-order valence-electron chi connectivity index (χ1n) is 5.14. The highest BCUT2D eigenvalue weighted by atomic mass is 32.2. The number of thioether (sulfide) groups is 2. The molecule has 0 amide bonds. The Balaban J connectivity index is 2.47. The van der Waals surface area contributed by atoms with Gasteiger partial charge < -0.3 is 9.84 Å². The fourth-order valence-corrected chi connectivity index (χ4v) is 3.31. The van der Waals surface area contributed by atoms with Crippen LogP contribution in [0.1, 0.15) is 5.56 Å². The summed E-state index contributed by atoms with van der Waals surface area (Å²) in [6.07, 6.45) is 1.82. The van der Waals surface area contributed by atoms with Crippen molar-refractivity contribution in [2.24, 2.45) is 0 Å². The van der Waals surface area contributed by atoms with Gasteiger partial charge in [0.2, 0.25) is 0 Å². The van der Waals surface area contributed by atoms with E-state index in [0.717, 1.165) is 17.1 Å². The largest absolute Gasteiger partial charge is 0.496 e. The van der Waals surface area contributed by atoms with Gasteiger partial charge in [-0.3, -0.25) is 4.79 Å². The van der Waals surface area contributed by atoms with Gasteiger partial charge in [0.15, 0.2) is 0 Å². The molecule has 0 heterocycles. The van der Waals surface area contributed by atoms with Gasteiger partial charge in [-0.15, -0.1) is 11.8 Å². The summed E-state index contributed by atoms with van der Waals surface area (Å²) in [7, 11) is 1.64. The number of hydrogen-bond donors (Lipinski definition) is 1. The second-order valence-corrected chi connectivity index (χ2v) is 5.46. The quantitative estimate of drug-likeness (QED) is 0.827. The van der Waals surface area contributed by atoms with Gasteiger partial charge in [0, 0.05) is 17.1 Å². The maximum Gasteiger partial charge on any atom is 0.317 e. The lowest BCUT2D eigenvalue weighted by Gasteiger charge is -2.10. The Morgan fingerprint density at radius 2 is 2.18 bits per heavy atom. The van der Waals surface area contributed by atoms with E-state index in [1.165, 1.54) is 11.8 Å². The summed E-state index contributed by atoms with van der Waals surface area (Å²) in [4.78, 5) is 10.8. The topological polar surface area (TPSA) is 46.5 Å². The monoisotopic (exact) mass is 272 g/mol. The van der Waals surface area contributed by atoms with Crippen LogP contribution in [0.15, 0.2) is 24.3 Å². The summed E-state index contributed by atoms with van der Waals surface area (Å²) in [5.74, 6) is 1.49. The molecule has 5 heteroatoms. The van der Waals surface area contributed by atoms with E-state index in [0.29, 0.717) is 5.75 Å². The lowest BCUT2D eigenvalue weighted by Crippen LogP contribution is -2.18. The van der Waals surface area contributed by atoms with Crippen molar-refractivity contribution in [3.63, 3.8) is 0 Å². The Labute approximate surface area is 110 Å². The lowest BCUT2D eigenvalue weighted by atomic mass is 10.2. The van der Waals surface area contributed by atoms with E-state index < -0.39 is 5.97 Å². The number of carboxylic acid groups (broad SMARTS) is 1. The van der Waals surface area contributed by atoms with Crippen LogP contribution in [-0.2, 0) is 10.5 Å². The summed E-state index contributed by atoms with van der Waals surface area (Å²) < 4.78 is 5.24. The highest BCUT2D eigenvalue weighted by Crippen LogP contribution is 2.24. The smallest absolute Gasteiger partial charge is 0.317 e. The molecule has 0 saturated heterocycles. The Morgan fingerprint density at radius 3 is 2.76 bits per heavy atom. The van der Waals surface area contributed by atoms with Gasteiger partial charge in [-0.05, 0) is 12.3 Å². The molecule has 0 aliphatic carbocycles. The third-order valence-corrected chi connectivity index (χ3v) is 4.51. The van der Waals surface area contributed by atoms with E-state index in [1.807, 2.05) is 30.5 Å². The van der Waals surface area contributed by atoms with Gasteiger partial charge in [0.25, 0.3) is 0 Å². The zero-order valence-electron chi connectivity index (χ0n) is 9.88. The van der Waals surface area contributed by atoms with Crippen LogP contribution < -0.4 is 4.74 Å². The molecule has 0 spiro atoms. The van der Waals surface area contributed by atoms with Crippen molar-refractivity contribution in [1.29, 1.82) is 0 Å². The summed E-state index contributed by atoms with van der Waals surface area (Å²) in [5, 5.41) is 8.57. The van der Waals surface area contributed by atoms with E-state index >= 15 is 0 Å². The Hall–Kier alpha value is -0.810. The maximum atomic E-state index is 10.8. The zero-order chi connectivity index (χ0) is 12.7. The SMILES string of the molecule is COc1ccccc1CSCC(SC)C(=O)O. The van der Waals surface area contributed by atoms with E-state index in [4.69, 9.17) is 9.84 Å². The second-order valence-electron chi connectivity index (χ2n) is 3.39. The van der Waals surface area contributed by atoms with E-state index in [-0.39, 0.29) is 5.25 Å². The molecule has 1 atom stereocenters. The van der Waals surface area contributed by atoms with Gasteiger partial charge in [-0.25, -0.2) is 0 Å². The van der Waals surface area contributed by atoms with Crippen molar-refractivity contribution in [3.8, 4) is 5.75 Å². The first-order valence-corrected chi connectivity index (χ1v) is 7.58. The average molecular weight is 272 g/mol. The molecule has 0 aromatic heterocycles. The number of methoxy groups -OCH3 is 1. The molecule has 17 heavy (non-hydrogen) atoms.